The van der Waals surface area contributed by atoms with Crippen molar-refractivity contribution >= 4 is 45.0 Å². The van der Waals surface area contributed by atoms with Crippen LogP contribution in [0.4, 0.5) is 0 Å². The van der Waals surface area contributed by atoms with Crippen LogP contribution in [0, 0.1) is 0 Å². The zero-order valence-electron chi connectivity index (χ0n) is 26.3. The number of fused-ring (bicyclic) bond motifs is 5. The van der Waals surface area contributed by atoms with E-state index in [0.717, 1.165) is 10.4 Å². The lowest BCUT2D eigenvalue weighted by atomic mass is 9.85. The minimum Gasteiger partial charge on any atom is -0.0911 e. The van der Waals surface area contributed by atoms with Crippen LogP contribution >= 0.6 is 0 Å². The van der Waals surface area contributed by atoms with Gasteiger partial charge in [0.15, 0.2) is 0 Å². The van der Waals surface area contributed by atoms with Gasteiger partial charge in [0.1, 0.15) is 0 Å². The first kappa shape index (κ1) is 27.3. The minimum atomic E-state index is 1.03. The molecule has 0 heterocycles. The van der Waals surface area contributed by atoms with Crippen molar-refractivity contribution in [2.75, 3.05) is 0 Å². The Morgan fingerprint density at radius 2 is 0.915 bits per heavy atom. The third-order valence-corrected chi connectivity index (χ3v) is 9.86. The molecule has 0 atom stereocenters. The first-order chi connectivity index (χ1) is 23.2. The van der Waals surface area contributed by atoms with Gasteiger partial charge in [-0.15, -0.1) is 0 Å². The van der Waals surface area contributed by atoms with Crippen LogP contribution in [0.15, 0.2) is 158 Å². The molecule has 9 rings (SSSR count). The summed E-state index contributed by atoms with van der Waals surface area (Å²) in [5, 5.41) is 9.86. The van der Waals surface area contributed by atoms with Crippen LogP contribution in [0.1, 0.15) is 6.92 Å². The fourth-order valence-electron chi connectivity index (χ4n) is 7.75. The molecule has 0 N–H and O–H groups in total. The quantitative estimate of drug-likeness (QED) is 0.177. The Morgan fingerprint density at radius 3 is 1.53 bits per heavy atom. The van der Waals surface area contributed by atoms with Crippen molar-refractivity contribution in [2.45, 2.75) is 6.92 Å². The van der Waals surface area contributed by atoms with Crippen molar-refractivity contribution in [1.29, 1.82) is 0 Å². The molecule has 0 radical (unpaired) electrons. The van der Waals surface area contributed by atoms with E-state index in [4.69, 9.17) is 0 Å². The van der Waals surface area contributed by atoms with Gasteiger partial charge >= 0.3 is 0 Å². The molecule has 0 amide bonds. The average Bonchev–Trinajstić information content (AvgIpc) is 3.45. The van der Waals surface area contributed by atoms with E-state index in [1.54, 1.807) is 0 Å². The minimum absolute atomic E-state index is 1.03. The molecule has 0 bridgehead atoms. The topological polar surface area (TPSA) is 0 Å². The average molecular weight is 597 g/mol. The Kier molecular flexibility index (Phi) is 6.30. The maximum Gasteiger partial charge on any atom is -0.00201 e. The van der Waals surface area contributed by atoms with Crippen molar-refractivity contribution in [2.24, 2.45) is 0 Å². The largest absolute Gasteiger partial charge is 0.0911 e. The molecule has 1 aliphatic carbocycles. The van der Waals surface area contributed by atoms with E-state index in [0.29, 0.717) is 0 Å². The monoisotopic (exact) mass is 596 g/mol. The van der Waals surface area contributed by atoms with Gasteiger partial charge in [0, 0.05) is 0 Å². The molecule has 0 aromatic heterocycles. The maximum absolute atomic E-state index is 4.40. The van der Waals surface area contributed by atoms with Crippen LogP contribution in [0.2, 0.25) is 0 Å². The van der Waals surface area contributed by atoms with Crippen LogP contribution in [0.5, 0.6) is 0 Å². The molecule has 0 aliphatic heterocycles. The molecule has 47 heavy (non-hydrogen) atoms. The van der Waals surface area contributed by atoms with Crippen molar-refractivity contribution in [3.63, 3.8) is 0 Å². The zero-order valence-corrected chi connectivity index (χ0v) is 26.3. The molecule has 1 aliphatic rings. The lowest BCUT2D eigenvalue weighted by Crippen LogP contribution is -2.22. The summed E-state index contributed by atoms with van der Waals surface area (Å²) in [6, 6.07) is 53.7. The van der Waals surface area contributed by atoms with Crippen molar-refractivity contribution in [3.05, 3.63) is 168 Å². The molecule has 8 aromatic carbocycles. The van der Waals surface area contributed by atoms with Gasteiger partial charge in [0.25, 0.3) is 0 Å². The molecule has 0 nitrogen and oxygen atoms in total. The smallest absolute Gasteiger partial charge is 0.00201 e. The summed E-state index contributed by atoms with van der Waals surface area (Å²) in [5.74, 6) is 0. The third kappa shape index (κ3) is 4.22. The zero-order chi connectivity index (χ0) is 31.5. The van der Waals surface area contributed by atoms with E-state index in [9.17, 15) is 0 Å². The van der Waals surface area contributed by atoms with Gasteiger partial charge in [0.2, 0.25) is 0 Å². The first-order valence-electron chi connectivity index (χ1n) is 16.3. The molecule has 8 aromatic rings. The van der Waals surface area contributed by atoms with Crippen LogP contribution in [-0.2, 0) is 0 Å². The summed E-state index contributed by atoms with van der Waals surface area (Å²) in [4.78, 5) is 0. The van der Waals surface area contributed by atoms with Crippen molar-refractivity contribution < 1.29 is 0 Å². The second-order valence-electron chi connectivity index (χ2n) is 12.5. The second kappa shape index (κ2) is 10.8. The highest BCUT2D eigenvalue weighted by molar-refractivity contribution is 6.22. The number of allylic oxidation sites excluding steroid dienone is 2. The van der Waals surface area contributed by atoms with Gasteiger partial charge in [-0.25, -0.2) is 0 Å². The van der Waals surface area contributed by atoms with Gasteiger partial charge in [-0.2, -0.15) is 0 Å². The van der Waals surface area contributed by atoms with E-state index in [1.807, 2.05) is 13.0 Å². The Morgan fingerprint density at radius 1 is 0.426 bits per heavy atom. The van der Waals surface area contributed by atoms with Crippen LogP contribution in [0.25, 0.3) is 101 Å². The highest BCUT2D eigenvalue weighted by atomic mass is 14.3. The Hall–Kier alpha value is -5.98. The van der Waals surface area contributed by atoms with E-state index in [-0.39, 0.29) is 0 Å². The van der Waals surface area contributed by atoms with Gasteiger partial charge in [-0.05, 0) is 111 Å². The molecule has 0 fully saturated rings. The molecule has 0 unspecified atom stereocenters. The second-order valence-corrected chi connectivity index (χ2v) is 12.5. The van der Waals surface area contributed by atoms with E-state index in [1.165, 1.54) is 88.0 Å². The third-order valence-electron chi connectivity index (χ3n) is 9.86. The highest BCUT2D eigenvalue weighted by Crippen LogP contribution is 2.49. The van der Waals surface area contributed by atoms with Crippen molar-refractivity contribution in [1.82, 2.24) is 0 Å². The van der Waals surface area contributed by atoms with E-state index >= 15 is 0 Å². The molecule has 0 saturated carbocycles. The fourth-order valence-corrected chi connectivity index (χ4v) is 7.75. The summed E-state index contributed by atoms with van der Waals surface area (Å²) < 4.78 is 0. The summed E-state index contributed by atoms with van der Waals surface area (Å²) in [6.07, 6.45) is 6.24. The van der Waals surface area contributed by atoms with Crippen LogP contribution in [-0.4, -0.2) is 0 Å². The number of hydrogen-bond acceptors (Lipinski definition) is 0. The standard InChI is InChI=1S/C47H32/c1-3-4-12-31-21-26-34(29-30(31)2)46-42-17-9-7-15-40(42)45(41-16-8-10-18-43(41)46)33-24-22-32(23-25-33)35-27-28-44-37-14-6-5-13-36(37)39-20-11-19-38(35)47(39)44/h3-29H,2H2,1H3/b4-3-,31-12-. The Balaban J connectivity index is 1.22. The maximum atomic E-state index is 4.40. The Bertz CT molecular complexity index is 2600. The first-order valence-corrected chi connectivity index (χ1v) is 16.3. The number of benzene rings is 8. The Labute approximate surface area is 274 Å². The van der Waals surface area contributed by atoms with Crippen molar-refractivity contribution in [3.8, 4) is 55.6 Å². The fraction of sp³-hybridized carbons (Fsp3) is 0.0213. The van der Waals surface area contributed by atoms with Gasteiger partial charge in [-0.1, -0.05) is 164 Å². The van der Waals surface area contributed by atoms with Crippen LogP contribution < -0.4 is 10.4 Å². The van der Waals surface area contributed by atoms with Gasteiger partial charge < -0.3 is 0 Å². The predicted octanol–water partition coefficient (Wildman–Crippen LogP) is 11.6. The molecule has 0 spiro atoms. The summed E-state index contributed by atoms with van der Waals surface area (Å²) >= 11 is 0. The molecular formula is C47H32. The molecule has 0 saturated heterocycles. The van der Waals surface area contributed by atoms with Gasteiger partial charge in [-0.3, -0.25) is 0 Å². The van der Waals surface area contributed by atoms with Crippen LogP contribution in [0.3, 0.4) is 0 Å². The lowest BCUT2D eigenvalue weighted by molar-refractivity contribution is 1.53. The predicted molar refractivity (Wildman–Crippen MR) is 204 cm³/mol. The van der Waals surface area contributed by atoms with E-state index in [2.05, 4.69) is 164 Å². The molecular weight excluding hydrogens is 565 g/mol. The normalized spacial score (nSPS) is 12.5. The number of hydrogen-bond donors (Lipinski definition) is 0. The summed E-state index contributed by atoms with van der Waals surface area (Å²) in [5.41, 5.74) is 12.8. The summed E-state index contributed by atoms with van der Waals surface area (Å²) in [6.45, 7) is 6.43. The van der Waals surface area contributed by atoms with Gasteiger partial charge in [0.05, 0.1) is 0 Å². The molecule has 220 valence electrons. The molecule has 0 heteroatoms. The summed E-state index contributed by atoms with van der Waals surface area (Å²) in [7, 11) is 0. The highest BCUT2D eigenvalue weighted by Gasteiger charge is 2.22. The number of rotatable bonds is 4. The van der Waals surface area contributed by atoms with E-state index < -0.39 is 0 Å². The lowest BCUT2D eigenvalue weighted by Gasteiger charge is -2.18. The SMILES string of the molecule is C=c1cc(-c2c3ccccc3c(-c3ccc(-c4ccc5c6c(cccc46)-c4ccccc4-5)cc3)c3ccccc23)cc/c1=C/C=C\C.